The van der Waals surface area contributed by atoms with Crippen LogP contribution in [0.5, 0.6) is 5.75 Å². The fourth-order valence-corrected chi connectivity index (χ4v) is 4.66. The molecule has 2 aliphatic rings. The number of aliphatic hydroxyl groups excluding tert-OH is 1. The van der Waals surface area contributed by atoms with Gasteiger partial charge in [0, 0.05) is 28.7 Å². The van der Waals surface area contributed by atoms with E-state index >= 15 is 0 Å². The van der Waals surface area contributed by atoms with E-state index in [-0.39, 0.29) is 49.5 Å². The number of nitrogens with one attached hydrogen (secondary N) is 2. The van der Waals surface area contributed by atoms with Crippen LogP contribution < -0.4 is 15.4 Å². The SMILES string of the molecule is CN(C)CC(=O)Nc1ccc2c(c1)[C@H]1C[C@H](CC(=O)NCc3ccc(Cl)cc3)O[C@@H](CO)[C@H]1O2. The molecule has 2 heterocycles. The number of fused-ring (bicyclic) bond motifs is 3. The van der Waals surface area contributed by atoms with Crippen molar-refractivity contribution < 1.29 is 24.2 Å². The summed E-state index contributed by atoms with van der Waals surface area (Å²) in [6.07, 6.45) is -0.460. The largest absolute Gasteiger partial charge is 0.487 e. The molecular weight excluding hydrogens is 458 g/mol. The molecule has 2 aromatic carbocycles. The van der Waals surface area contributed by atoms with E-state index in [2.05, 4.69) is 10.6 Å². The summed E-state index contributed by atoms with van der Waals surface area (Å²) < 4.78 is 12.1. The third kappa shape index (κ3) is 5.88. The Labute approximate surface area is 204 Å². The molecule has 182 valence electrons. The summed E-state index contributed by atoms with van der Waals surface area (Å²) in [5, 5.41) is 16.4. The van der Waals surface area contributed by atoms with E-state index in [1.165, 1.54) is 0 Å². The number of rotatable bonds is 8. The van der Waals surface area contributed by atoms with Crippen LogP contribution in [0.1, 0.15) is 29.9 Å². The summed E-state index contributed by atoms with van der Waals surface area (Å²) >= 11 is 5.91. The molecule has 34 heavy (non-hydrogen) atoms. The van der Waals surface area contributed by atoms with Crippen LogP contribution in [0.15, 0.2) is 42.5 Å². The van der Waals surface area contributed by atoms with Crippen LogP contribution in [0.25, 0.3) is 0 Å². The maximum atomic E-state index is 12.6. The van der Waals surface area contributed by atoms with Crippen molar-refractivity contribution >= 4 is 29.1 Å². The predicted octanol–water partition coefficient (Wildman–Crippen LogP) is 2.54. The summed E-state index contributed by atoms with van der Waals surface area (Å²) in [6, 6.07) is 12.9. The lowest BCUT2D eigenvalue weighted by Crippen LogP contribution is -2.47. The Morgan fingerprint density at radius 2 is 1.91 bits per heavy atom. The summed E-state index contributed by atoms with van der Waals surface area (Å²) in [4.78, 5) is 26.6. The molecule has 0 aliphatic carbocycles. The number of ether oxygens (including phenoxy) is 2. The molecule has 2 aromatic rings. The number of anilines is 1. The zero-order valence-corrected chi connectivity index (χ0v) is 20.0. The fourth-order valence-electron chi connectivity index (χ4n) is 4.54. The van der Waals surface area contributed by atoms with Crippen molar-refractivity contribution in [3.8, 4) is 5.75 Å². The lowest BCUT2D eigenvalue weighted by Gasteiger charge is -2.37. The highest BCUT2D eigenvalue weighted by Crippen LogP contribution is 2.47. The molecule has 0 aromatic heterocycles. The Balaban J connectivity index is 1.41. The second-order valence-electron chi connectivity index (χ2n) is 9.05. The molecule has 4 atom stereocenters. The van der Waals surface area contributed by atoms with Crippen molar-refractivity contribution in [3.05, 3.63) is 58.6 Å². The molecule has 0 unspecified atom stereocenters. The Bertz CT molecular complexity index is 1030. The standard InChI is InChI=1S/C25H30ClN3O5/c1-29(2)13-24(32)28-17-7-8-21-19(9-17)20-10-18(33-22(14-30)25(20)34-21)11-23(31)27-12-15-3-5-16(26)6-4-15/h3-9,18,20,22,25,30H,10-14H2,1-2H3,(H,27,31)(H,28,32)/t18-,20-,22+,25+/m1/s1. The van der Waals surface area contributed by atoms with Crippen molar-refractivity contribution in [3.63, 3.8) is 0 Å². The lowest BCUT2D eigenvalue weighted by atomic mass is 9.84. The number of nitrogens with zero attached hydrogens (tertiary/aromatic N) is 1. The van der Waals surface area contributed by atoms with Crippen LogP contribution in [0.4, 0.5) is 5.69 Å². The molecule has 9 heteroatoms. The Hall–Kier alpha value is -2.65. The number of hydrogen-bond donors (Lipinski definition) is 3. The van der Waals surface area contributed by atoms with Gasteiger partial charge < -0.3 is 30.1 Å². The minimum absolute atomic E-state index is 0.0410. The van der Waals surface area contributed by atoms with E-state index in [9.17, 15) is 14.7 Å². The maximum Gasteiger partial charge on any atom is 0.238 e. The van der Waals surface area contributed by atoms with Gasteiger partial charge in [0.15, 0.2) is 0 Å². The molecule has 1 saturated heterocycles. The zero-order valence-electron chi connectivity index (χ0n) is 19.3. The number of amides is 2. The van der Waals surface area contributed by atoms with Crippen LogP contribution in [0, 0.1) is 0 Å². The van der Waals surface area contributed by atoms with Gasteiger partial charge in [-0.05, 0) is 56.4 Å². The highest BCUT2D eigenvalue weighted by molar-refractivity contribution is 6.30. The summed E-state index contributed by atoms with van der Waals surface area (Å²) in [7, 11) is 3.67. The molecular formula is C25H30ClN3O5. The van der Waals surface area contributed by atoms with Gasteiger partial charge in [-0.15, -0.1) is 0 Å². The van der Waals surface area contributed by atoms with Crippen LogP contribution in [0.2, 0.25) is 5.02 Å². The number of aliphatic hydroxyl groups is 1. The van der Waals surface area contributed by atoms with Gasteiger partial charge in [-0.3, -0.25) is 9.59 Å². The van der Waals surface area contributed by atoms with E-state index in [0.717, 1.165) is 16.9 Å². The second-order valence-corrected chi connectivity index (χ2v) is 9.49. The molecule has 0 spiro atoms. The molecule has 2 amide bonds. The Morgan fingerprint density at radius 3 is 2.62 bits per heavy atom. The van der Waals surface area contributed by atoms with Crippen LogP contribution in [-0.4, -0.2) is 67.4 Å². The number of carbonyl (C=O) groups is 2. The number of carbonyl (C=O) groups excluding carboxylic acids is 2. The van der Waals surface area contributed by atoms with Gasteiger partial charge in [-0.25, -0.2) is 0 Å². The molecule has 4 rings (SSSR count). The van der Waals surface area contributed by atoms with E-state index in [4.69, 9.17) is 21.1 Å². The monoisotopic (exact) mass is 487 g/mol. The lowest BCUT2D eigenvalue weighted by molar-refractivity contribution is -0.142. The molecule has 8 nitrogen and oxygen atoms in total. The van der Waals surface area contributed by atoms with Crippen LogP contribution in [-0.2, 0) is 20.9 Å². The molecule has 2 aliphatic heterocycles. The predicted molar refractivity (Wildman–Crippen MR) is 129 cm³/mol. The third-order valence-corrected chi connectivity index (χ3v) is 6.31. The Kier molecular flexibility index (Phi) is 7.73. The van der Waals surface area contributed by atoms with Crippen molar-refractivity contribution in [2.24, 2.45) is 0 Å². The minimum atomic E-state index is -0.535. The third-order valence-electron chi connectivity index (χ3n) is 6.06. The zero-order chi connectivity index (χ0) is 24.2. The minimum Gasteiger partial charge on any atom is -0.487 e. The average molecular weight is 488 g/mol. The van der Waals surface area contributed by atoms with E-state index in [1.807, 2.05) is 38.4 Å². The highest BCUT2D eigenvalue weighted by Gasteiger charge is 2.46. The molecule has 0 saturated carbocycles. The summed E-state index contributed by atoms with van der Waals surface area (Å²) in [6.45, 7) is 0.484. The first kappa shape index (κ1) is 24.5. The van der Waals surface area contributed by atoms with Gasteiger partial charge in [-0.1, -0.05) is 23.7 Å². The van der Waals surface area contributed by atoms with Gasteiger partial charge in [0.05, 0.1) is 25.7 Å². The molecule has 0 radical (unpaired) electrons. The number of halogens is 1. The van der Waals surface area contributed by atoms with Crippen molar-refractivity contribution in [1.82, 2.24) is 10.2 Å². The van der Waals surface area contributed by atoms with Crippen molar-refractivity contribution in [2.75, 3.05) is 32.6 Å². The highest BCUT2D eigenvalue weighted by atomic mass is 35.5. The normalized spacial score (nSPS) is 23.1. The van der Waals surface area contributed by atoms with E-state index < -0.39 is 6.10 Å². The second kappa shape index (κ2) is 10.7. The first-order valence-corrected chi connectivity index (χ1v) is 11.7. The summed E-state index contributed by atoms with van der Waals surface area (Å²) in [5.41, 5.74) is 2.61. The van der Waals surface area contributed by atoms with Crippen LogP contribution >= 0.6 is 11.6 Å². The number of likely N-dealkylation sites (N-methyl/N-ethyl adjacent to an activating group) is 1. The van der Waals surface area contributed by atoms with Gasteiger partial charge in [0.25, 0.3) is 0 Å². The summed E-state index contributed by atoms with van der Waals surface area (Å²) in [5.74, 6) is 0.450. The number of benzene rings is 2. The topological polar surface area (TPSA) is 100 Å². The van der Waals surface area contributed by atoms with E-state index in [1.54, 1.807) is 23.1 Å². The molecule has 0 bridgehead atoms. The average Bonchev–Trinajstić information content (AvgIpc) is 3.15. The van der Waals surface area contributed by atoms with Gasteiger partial charge in [0.2, 0.25) is 11.8 Å². The Morgan fingerprint density at radius 1 is 1.15 bits per heavy atom. The van der Waals surface area contributed by atoms with Crippen LogP contribution in [0.3, 0.4) is 0 Å². The smallest absolute Gasteiger partial charge is 0.238 e. The first-order valence-electron chi connectivity index (χ1n) is 11.3. The van der Waals surface area contributed by atoms with Crippen molar-refractivity contribution in [1.29, 1.82) is 0 Å². The van der Waals surface area contributed by atoms with Gasteiger partial charge >= 0.3 is 0 Å². The van der Waals surface area contributed by atoms with E-state index in [0.29, 0.717) is 23.7 Å². The quantitative estimate of drug-likeness (QED) is 0.529. The van der Waals surface area contributed by atoms with Gasteiger partial charge in [-0.2, -0.15) is 0 Å². The first-order chi connectivity index (χ1) is 16.3. The van der Waals surface area contributed by atoms with Crippen molar-refractivity contribution in [2.45, 2.75) is 43.6 Å². The molecule has 3 N–H and O–H groups in total. The molecule has 1 fully saturated rings. The van der Waals surface area contributed by atoms with Gasteiger partial charge in [0.1, 0.15) is 18.0 Å². The fraction of sp³-hybridized carbons (Fsp3) is 0.440. The number of hydrogen-bond acceptors (Lipinski definition) is 6. The maximum absolute atomic E-state index is 12.6.